The molecule has 27 heavy (non-hydrogen) atoms. The van der Waals surface area contributed by atoms with Crippen molar-refractivity contribution < 1.29 is 13.2 Å². The summed E-state index contributed by atoms with van der Waals surface area (Å²) in [6.07, 6.45) is 3.22. The van der Waals surface area contributed by atoms with Gasteiger partial charge in [0.2, 0.25) is 10.0 Å². The Morgan fingerprint density at radius 3 is 2.07 bits per heavy atom. The molecule has 2 aromatic carbocycles. The largest absolute Gasteiger partial charge is 0.271 e. The number of nitrogens with zero attached hydrogens (tertiary/aromatic N) is 2. The number of hydrogen-bond donors (Lipinski definition) is 1. The summed E-state index contributed by atoms with van der Waals surface area (Å²) in [5.41, 5.74) is 4.96. The van der Waals surface area contributed by atoms with Gasteiger partial charge in [-0.1, -0.05) is 67.1 Å². The molecular formula is C20H23N3O3S. The summed E-state index contributed by atoms with van der Waals surface area (Å²) in [4.78, 5) is 12.7. The van der Waals surface area contributed by atoms with E-state index in [1.165, 1.54) is 4.31 Å². The van der Waals surface area contributed by atoms with Gasteiger partial charge in [-0.25, -0.2) is 13.8 Å². The third kappa shape index (κ3) is 4.81. The third-order valence-electron chi connectivity index (χ3n) is 4.55. The van der Waals surface area contributed by atoms with Crippen LogP contribution in [0, 0.1) is 0 Å². The van der Waals surface area contributed by atoms with Crippen molar-refractivity contribution in [3.63, 3.8) is 0 Å². The summed E-state index contributed by atoms with van der Waals surface area (Å²) in [5, 5.41) is 4.35. The van der Waals surface area contributed by atoms with E-state index in [9.17, 15) is 13.2 Å². The lowest BCUT2D eigenvalue weighted by atomic mass is 10.0. The number of piperidine rings is 1. The molecule has 7 heteroatoms. The van der Waals surface area contributed by atoms with Gasteiger partial charge in [-0.2, -0.15) is 9.41 Å². The van der Waals surface area contributed by atoms with E-state index < -0.39 is 22.0 Å². The summed E-state index contributed by atoms with van der Waals surface area (Å²) in [7, 11) is -3.44. The molecule has 1 amide bonds. The first-order valence-electron chi connectivity index (χ1n) is 8.92. The first-order valence-corrected chi connectivity index (χ1v) is 10.8. The Morgan fingerprint density at radius 2 is 1.56 bits per heavy atom. The number of hydrogen-bond acceptors (Lipinski definition) is 4. The Balaban J connectivity index is 1.87. The third-order valence-corrected chi connectivity index (χ3v) is 5.84. The van der Waals surface area contributed by atoms with Gasteiger partial charge in [0.15, 0.2) is 0 Å². The lowest BCUT2D eigenvalue weighted by molar-refractivity contribution is -0.125. The van der Waals surface area contributed by atoms with Gasteiger partial charge in [0.1, 0.15) is 6.04 Å². The van der Waals surface area contributed by atoms with Crippen LogP contribution < -0.4 is 5.43 Å². The minimum absolute atomic E-state index is 0.366. The van der Waals surface area contributed by atoms with Crippen molar-refractivity contribution in [2.24, 2.45) is 5.10 Å². The molecule has 0 bridgehead atoms. The average Bonchev–Trinajstić information content (AvgIpc) is 2.69. The maximum absolute atomic E-state index is 12.7. The van der Waals surface area contributed by atoms with Crippen LogP contribution in [0.1, 0.15) is 30.4 Å². The molecule has 1 fully saturated rings. The van der Waals surface area contributed by atoms with Gasteiger partial charge in [-0.3, -0.25) is 4.79 Å². The van der Waals surface area contributed by atoms with Crippen LogP contribution in [0.4, 0.5) is 0 Å². The van der Waals surface area contributed by atoms with Crippen LogP contribution in [0.25, 0.3) is 0 Å². The minimum atomic E-state index is -3.44. The summed E-state index contributed by atoms with van der Waals surface area (Å²) in [6, 6.07) is 18.4. The molecule has 3 rings (SSSR count). The predicted molar refractivity (Wildman–Crippen MR) is 106 cm³/mol. The van der Waals surface area contributed by atoms with Crippen LogP contribution in [-0.4, -0.2) is 43.2 Å². The number of carbonyl (C=O) groups is 1. The van der Waals surface area contributed by atoms with Gasteiger partial charge in [-0.15, -0.1) is 0 Å². The second-order valence-corrected chi connectivity index (χ2v) is 8.49. The fourth-order valence-electron chi connectivity index (χ4n) is 3.24. The zero-order valence-corrected chi connectivity index (χ0v) is 16.0. The highest BCUT2D eigenvalue weighted by molar-refractivity contribution is 7.88. The normalized spacial score (nSPS) is 17.9. The number of nitrogens with one attached hydrogen (secondary N) is 1. The minimum Gasteiger partial charge on any atom is -0.271 e. The Labute approximate surface area is 159 Å². The zero-order chi connectivity index (χ0) is 19.3. The van der Waals surface area contributed by atoms with Gasteiger partial charge in [0, 0.05) is 17.7 Å². The van der Waals surface area contributed by atoms with Crippen LogP contribution in [0.5, 0.6) is 0 Å². The first-order chi connectivity index (χ1) is 13.0. The smallest absolute Gasteiger partial charge is 0.258 e. The average molecular weight is 385 g/mol. The molecule has 1 N–H and O–H groups in total. The number of benzene rings is 2. The maximum Gasteiger partial charge on any atom is 0.258 e. The molecule has 6 nitrogen and oxygen atoms in total. The van der Waals surface area contributed by atoms with E-state index in [0.717, 1.165) is 30.2 Å². The lowest BCUT2D eigenvalue weighted by Gasteiger charge is -2.32. The monoisotopic (exact) mass is 385 g/mol. The Bertz CT molecular complexity index is 871. The Morgan fingerprint density at radius 1 is 1.00 bits per heavy atom. The molecule has 1 saturated heterocycles. The number of sulfonamides is 1. The molecule has 1 aliphatic rings. The van der Waals surface area contributed by atoms with Crippen LogP contribution in [0.2, 0.25) is 0 Å². The first kappa shape index (κ1) is 19.3. The highest BCUT2D eigenvalue weighted by atomic mass is 32.2. The van der Waals surface area contributed by atoms with Crippen LogP contribution in [0.15, 0.2) is 65.8 Å². The second kappa shape index (κ2) is 8.45. The highest BCUT2D eigenvalue weighted by Crippen LogP contribution is 2.20. The van der Waals surface area contributed by atoms with Gasteiger partial charge in [0.25, 0.3) is 5.91 Å². The Kier molecular flexibility index (Phi) is 6.03. The van der Waals surface area contributed by atoms with Crippen molar-refractivity contribution in [1.82, 2.24) is 9.73 Å². The fraction of sp³-hybridized carbons (Fsp3) is 0.300. The van der Waals surface area contributed by atoms with E-state index in [0.29, 0.717) is 18.7 Å². The quantitative estimate of drug-likeness (QED) is 0.634. The van der Waals surface area contributed by atoms with E-state index in [-0.39, 0.29) is 0 Å². The molecule has 0 spiro atoms. The standard InChI is InChI=1S/C20H23N3O3S/c1-27(25,26)23-15-9-8-14-18(23)20(24)22-21-19(16-10-4-2-5-11-16)17-12-6-3-7-13-17/h2-7,10-13,18H,8-9,14-15H2,1H3,(H,22,24)/t18-/m0/s1. The van der Waals surface area contributed by atoms with E-state index in [1.807, 2.05) is 60.7 Å². The Hall–Kier alpha value is -2.51. The van der Waals surface area contributed by atoms with Crippen molar-refractivity contribution in [1.29, 1.82) is 0 Å². The zero-order valence-electron chi connectivity index (χ0n) is 15.2. The van der Waals surface area contributed by atoms with Gasteiger partial charge in [0.05, 0.1) is 12.0 Å². The summed E-state index contributed by atoms with van der Waals surface area (Å²) >= 11 is 0. The molecule has 0 aliphatic carbocycles. The molecule has 1 heterocycles. The van der Waals surface area contributed by atoms with Crippen LogP contribution >= 0.6 is 0 Å². The van der Waals surface area contributed by atoms with E-state index in [2.05, 4.69) is 10.5 Å². The van der Waals surface area contributed by atoms with Crippen molar-refractivity contribution >= 4 is 21.6 Å². The fourth-order valence-corrected chi connectivity index (χ4v) is 4.36. The number of amides is 1. The van der Waals surface area contributed by atoms with Crippen LogP contribution in [-0.2, 0) is 14.8 Å². The second-order valence-electron chi connectivity index (χ2n) is 6.55. The SMILES string of the molecule is CS(=O)(=O)N1CCCC[C@H]1C(=O)NN=C(c1ccccc1)c1ccccc1. The summed E-state index contributed by atoms with van der Waals surface area (Å²) in [5.74, 6) is -0.399. The number of carbonyl (C=O) groups excluding carboxylic acids is 1. The number of hydrazone groups is 1. The van der Waals surface area contributed by atoms with E-state index in [4.69, 9.17) is 0 Å². The van der Waals surface area contributed by atoms with Crippen molar-refractivity contribution in [2.45, 2.75) is 25.3 Å². The van der Waals surface area contributed by atoms with Crippen molar-refractivity contribution in [3.8, 4) is 0 Å². The van der Waals surface area contributed by atoms with E-state index in [1.54, 1.807) is 0 Å². The molecule has 0 radical (unpaired) electrons. The van der Waals surface area contributed by atoms with E-state index >= 15 is 0 Å². The molecule has 0 saturated carbocycles. The maximum atomic E-state index is 12.7. The molecule has 2 aromatic rings. The molecular weight excluding hydrogens is 362 g/mol. The van der Waals surface area contributed by atoms with Crippen molar-refractivity contribution in [3.05, 3.63) is 71.8 Å². The molecule has 0 unspecified atom stereocenters. The highest BCUT2D eigenvalue weighted by Gasteiger charge is 2.34. The summed E-state index contributed by atoms with van der Waals surface area (Å²) in [6.45, 7) is 0.366. The molecule has 1 atom stereocenters. The lowest BCUT2D eigenvalue weighted by Crippen LogP contribution is -2.50. The van der Waals surface area contributed by atoms with Gasteiger partial charge >= 0.3 is 0 Å². The van der Waals surface area contributed by atoms with Gasteiger partial charge in [-0.05, 0) is 12.8 Å². The van der Waals surface area contributed by atoms with Gasteiger partial charge < -0.3 is 0 Å². The number of rotatable bonds is 5. The topological polar surface area (TPSA) is 78.8 Å². The predicted octanol–water partition coefficient (Wildman–Crippen LogP) is 2.37. The summed E-state index contributed by atoms with van der Waals surface area (Å²) < 4.78 is 25.3. The van der Waals surface area contributed by atoms with Crippen LogP contribution in [0.3, 0.4) is 0 Å². The van der Waals surface area contributed by atoms with Crippen molar-refractivity contribution in [2.75, 3.05) is 12.8 Å². The molecule has 1 aliphatic heterocycles. The molecule has 0 aromatic heterocycles. The molecule has 142 valence electrons.